The summed E-state index contributed by atoms with van der Waals surface area (Å²) in [6.07, 6.45) is 2.30. The highest BCUT2D eigenvalue weighted by Gasteiger charge is 2.35. The SMILES string of the molecule is N#Cc1ccc(Cl)cc1NC(=O)CC1CCCCN1S(=O)(=O)c1cccs1. The molecule has 0 aliphatic carbocycles. The van der Waals surface area contributed by atoms with Crippen LogP contribution in [0.5, 0.6) is 0 Å². The number of nitrogens with zero attached hydrogens (tertiary/aromatic N) is 2. The van der Waals surface area contributed by atoms with Gasteiger partial charge in [0.15, 0.2) is 0 Å². The summed E-state index contributed by atoms with van der Waals surface area (Å²) in [7, 11) is -3.61. The number of nitrogens with one attached hydrogen (secondary N) is 1. The monoisotopic (exact) mass is 423 g/mol. The summed E-state index contributed by atoms with van der Waals surface area (Å²) in [5.74, 6) is -0.341. The lowest BCUT2D eigenvalue weighted by Gasteiger charge is -2.34. The van der Waals surface area contributed by atoms with E-state index in [1.807, 2.05) is 6.07 Å². The van der Waals surface area contributed by atoms with E-state index in [4.69, 9.17) is 16.9 Å². The molecule has 1 fully saturated rings. The van der Waals surface area contributed by atoms with Gasteiger partial charge in [-0.15, -0.1) is 11.3 Å². The molecule has 0 bridgehead atoms. The van der Waals surface area contributed by atoms with E-state index >= 15 is 0 Å². The number of carbonyl (C=O) groups is 1. The normalized spacial score (nSPS) is 18.0. The summed E-state index contributed by atoms with van der Waals surface area (Å²) in [5, 5.41) is 14.0. The van der Waals surface area contributed by atoms with Gasteiger partial charge in [0.1, 0.15) is 10.3 Å². The molecule has 1 aliphatic rings. The van der Waals surface area contributed by atoms with Crippen LogP contribution in [0.2, 0.25) is 5.02 Å². The molecule has 0 radical (unpaired) electrons. The van der Waals surface area contributed by atoms with E-state index in [0.717, 1.165) is 12.8 Å². The van der Waals surface area contributed by atoms with Gasteiger partial charge in [-0.05, 0) is 42.5 Å². The Morgan fingerprint density at radius 3 is 2.89 bits per heavy atom. The summed E-state index contributed by atoms with van der Waals surface area (Å²) in [4.78, 5) is 12.5. The molecule has 1 amide bonds. The van der Waals surface area contributed by atoms with Crippen LogP contribution in [0.1, 0.15) is 31.2 Å². The molecule has 9 heteroatoms. The van der Waals surface area contributed by atoms with Crippen molar-refractivity contribution in [2.45, 2.75) is 35.9 Å². The Morgan fingerprint density at radius 1 is 1.37 bits per heavy atom. The maximum Gasteiger partial charge on any atom is 0.252 e. The average molecular weight is 424 g/mol. The van der Waals surface area contributed by atoms with Gasteiger partial charge >= 0.3 is 0 Å². The Hall–Kier alpha value is -1.92. The fraction of sp³-hybridized carbons (Fsp3) is 0.333. The lowest BCUT2D eigenvalue weighted by atomic mass is 10.0. The van der Waals surface area contributed by atoms with Crippen molar-refractivity contribution in [1.82, 2.24) is 4.31 Å². The lowest BCUT2D eigenvalue weighted by molar-refractivity contribution is -0.117. The first-order chi connectivity index (χ1) is 12.9. The fourth-order valence-electron chi connectivity index (χ4n) is 3.15. The van der Waals surface area contributed by atoms with Crippen LogP contribution in [0.25, 0.3) is 0 Å². The summed E-state index contributed by atoms with van der Waals surface area (Å²) in [6.45, 7) is 0.402. The van der Waals surface area contributed by atoms with Crippen molar-refractivity contribution >= 4 is 44.6 Å². The van der Waals surface area contributed by atoms with E-state index in [-0.39, 0.29) is 16.5 Å². The van der Waals surface area contributed by atoms with Gasteiger partial charge in [0.2, 0.25) is 5.91 Å². The lowest BCUT2D eigenvalue weighted by Crippen LogP contribution is -2.45. The van der Waals surface area contributed by atoms with Crippen molar-refractivity contribution in [3.05, 3.63) is 46.3 Å². The number of halogens is 1. The van der Waals surface area contributed by atoms with Crippen LogP contribution in [0.4, 0.5) is 5.69 Å². The highest BCUT2D eigenvalue weighted by atomic mass is 35.5. The van der Waals surface area contributed by atoms with Crippen molar-refractivity contribution in [2.75, 3.05) is 11.9 Å². The summed E-state index contributed by atoms with van der Waals surface area (Å²) in [5.41, 5.74) is 0.637. The molecule has 0 saturated carbocycles. The molecule has 1 atom stereocenters. The number of carbonyl (C=O) groups excluding carboxylic acids is 1. The molecule has 1 unspecified atom stereocenters. The first-order valence-corrected chi connectivity index (χ1v) is 11.2. The van der Waals surface area contributed by atoms with Crippen LogP contribution in [-0.4, -0.2) is 31.2 Å². The van der Waals surface area contributed by atoms with E-state index < -0.39 is 16.1 Å². The minimum absolute atomic E-state index is 0.0297. The number of hydrogen-bond donors (Lipinski definition) is 1. The molecule has 1 aliphatic heterocycles. The fourth-order valence-corrected chi connectivity index (χ4v) is 6.14. The maximum absolute atomic E-state index is 12.9. The molecule has 1 saturated heterocycles. The van der Waals surface area contributed by atoms with E-state index in [1.54, 1.807) is 23.6 Å². The van der Waals surface area contributed by atoms with Gasteiger partial charge in [-0.3, -0.25) is 4.79 Å². The van der Waals surface area contributed by atoms with Crippen LogP contribution in [0.15, 0.2) is 39.9 Å². The van der Waals surface area contributed by atoms with Crippen LogP contribution >= 0.6 is 22.9 Å². The Balaban J connectivity index is 1.76. The third kappa shape index (κ3) is 4.50. The zero-order valence-electron chi connectivity index (χ0n) is 14.4. The standard InChI is InChI=1S/C18H18ClN3O3S2/c19-14-7-6-13(12-20)16(10-14)21-17(23)11-15-4-1-2-8-22(15)27(24,25)18-5-3-9-26-18/h3,5-7,9-10,15H,1-2,4,8,11H2,(H,21,23). The van der Waals surface area contributed by atoms with Crippen molar-refractivity contribution in [3.63, 3.8) is 0 Å². The molecule has 3 rings (SSSR count). The van der Waals surface area contributed by atoms with Crippen LogP contribution in [0, 0.1) is 11.3 Å². The van der Waals surface area contributed by atoms with Crippen molar-refractivity contribution in [3.8, 4) is 6.07 Å². The summed E-state index contributed by atoms with van der Waals surface area (Å²) in [6, 6.07) is 9.50. The predicted molar refractivity (Wildman–Crippen MR) is 105 cm³/mol. The van der Waals surface area contributed by atoms with Gasteiger partial charge in [-0.25, -0.2) is 8.42 Å². The predicted octanol–water partition coefficient (Wildman–Crippen LogP) is 3.85. The van der Waals surface area contributed by atoms with Gasteiger partial charge in [-0.1, -0.05) is 24.1 Å². The second kappa shape index (κ2) is 8.40. The first kappa shape index (κ1) is 19.8. The highest BCUT2D eigenvalue weighted by Crippen LogP contribution is 2.29. The van der Waals surface area contributed by atoms with E-state index in [2.05, 4.69) is 5.32 Å². The second-order valence-electron chi connectivity index (χ2n) is 6.25. The number of amides is 1. The molecular weight excluding hydrogens is 406 g/mol. The number of piperidine rings is 1. The number of sulfonamides is 1. The second-order valence-corrected chi connectivity index (χ2v) is 9.75. The highest BCUT2D eigenvalue weighted by molar-refractivity contribution is 7.91. The number of rotatable bonds is 5. The Labute approximate surface area is 167 Å². The molecule has 2 heterocycles. The zero-order valence-corrected chi connectivity index (χ0v) is 16.8. The molecule has 0 spiro atoms. The minimum atomic E-state index is -3.61. The third-order valence-electron chi connectivity index (χ3n) is 4.43. The van der Waals surface area contributed by atoms with Crippen molar-refractivity contribution in [1.29, 1.82) is 5.26 Å². The van der Waals surface area contributed by atoms with Gasteiger partial charge in [0.05, 0.1) is 11.3 Å². The quantitative estimate of drug-likeness (QED) is 0.790. The summed E-state index contributed by atoms with van der Waals surface area (Å²) < 4.78 is 27.5. The van der Waals surface area contributed by atoms with Crippen LogP contribution in [0.3, 0.4) is 0 Å². The van der Waals surface area contributed by atoms with Crippen molar-refractivity contribution < 1.29 is 13.2 Å². The third-order valence-corrected chi connectivity index (χ3v) is 7.99. The minimum Gasteiger partial charge on any atom is -0.325 e. The molecule has 1 aromatic heterocycles. The average Bonchev–Trinajstić information content (AvgIpc) is 3.18. The number of thiophene rings is 1. The Morgan fingerprint density at radius 2 is 2.19 bits per heavy atom. The topological polar surface area (TPSA) is 90.3 Å². The van der Waals surface area contributed by atoms with Gasteiger partial charge in [0.25, 0.3) is 10.0 Å². The molecule has 2 aromatic rings. The molecule has 6 nitrogen and oxygen atoms in total. The zero-order chi connectivity index (χ0) is 19.4. The number of nitriles is 1. The Bertz CT molecular complexity index is 968. The molecule has 1 aromatic carbocycles. The number of benzene rings is 1. The summed E-state index contributed by atoms with van der Waals surface area (Å²) >= 11 is 7.11. The van der Waals surface area contributed by atoms with Crippen molar-refractivity contribution in [2.24, 2.45) is 0 Å². The Kier molecular flexibility index (Phi) is 6.17. The largest absolute Gasteiger partial charge is 0.325 e. The molecular formula is C18H18ClN3O3S2. The first-order valence-electron chi connectivity index (χ1n) is 8.46. The number of hydrogen-bond acceptors (Lipinski definition) is 5. The molecule has 142 valence electrons. The molecule has 1 N–H and O–H groups in total. The van der Waals surface area contributed by atoms with Crippen LogP contribution in [-0.2, 0) is 14.8 Å². The number of anilines is 1. The van der Waals surface area contributed by atoms with Crippen LogP contribution < -0.4 is 5.32 Å². The van der Waals surface area contributed by atoms with E-state index in [9.17, 15) is 13.2 Å². The maximum atomic E-state index is 12.9. The van der Waals surface area contributed by atoms with E-state index in [1.165, 1.54) is 27.8 Å². The van der Waals surface area contributed by atoms with Gasteiger partial charge < -0.3 is 5.32 Å². The van der Waals surface area contributed by atoms with E-state index in [0.29, 0.717) is 29.2 Å². The van der Waals surface area contributed by atoms with Gasteiger partial charge in [0, 0.05) is 24.0 Å². The smallest absolute Gasteiger partial charge is 0.252 e. The molecule has 27 heavy (non-hydrogen) atoms. The van der Waals surface area contributed by atoms with Gasteiger partial charge in [-0.2, -0.15) is 9.57 Å².